The zero-order valence-corrected chi connectivity index (χ0v) is 10.5. The number of rotatable bonds is 3. The van der Waals surface area contributed by atoms with Crippen LogP contribution < -0.4 is 0 Å². The second kappa shape index (κ2) is 4.58. The van der Waals surface area contributed by atoms with E-state index in [1.165, 1.54) is 25.7 Å². The van der Waals surface area contributed by atoms with Crippen LogP contribution in [0.4, 0.5) is 0 Å². The summed E-state index contributed by atoms with van der Waals surface area (Å²) in [4.78, 5) is 0. The highest BCUT2D eigenvalue weighted by Crippen LogP contribution is 2.34. The van der Waals surface area contributed by atoms with Gasteiger partial charge in [0.15, 0.2) is 0 Å². The number of hydrogen-bond acceptors (Lipinski definition) is 2. The van der Waals surface area contributed by atoms with Crippen LogP contribution in [-0.4, -0.2) is 14.9 Å². The van der Waals surface area contributed by atoms with Crippen LogP contribution in [0.25, 0.3) is 0 Å². The fraction of sp³-hybridized carbons (Fsp3) is 0.769. The standard InChI is InChI=1S/C13H22N2O/c1-9-13(10(2)15(3)14-9)12(16)8-11-6-4-5-7-11/h11-12,16H,4-8H2,1-3H3. The number of aliphatic hydroxyl groups is 1. The summed E-state index contributed by atoms with van der Waals surface area (Å²) >= 11 is 0. The summed E-state index contributed by atoms with van der Waals surface area (Å²) in [7, 11) is 1.94. The average Bonchev–Trinajstić information content (AvgIpc) is 2.77. The van der Waals surface area contributed by atoms with Gasteiger partial charge in [0.05, 0.1) is 11.8 Å². The van der Waals surface area contributed by atoms with Crippen molar-refractivity contribution in [2.45, 2.75) is 52.1 Å². The van der Waals surface area contributed by atoms with E-state index >= 15 is 0 Å². The Labute approximate surface area is 97.5 Å². The maximum absolute atomic E-state index is 10.3. The molecule has 0 radical (unpaired) electrons. The maximum atomic E-state index is 10.3. The Balaban J connectivity index is 2.10. The molecule has 1 N–H and O–H groups in total. The van der Waals surface area contributed by atoms with Gasteiger partial charge in [-0.05, 0) is 26.2 Å². The molecule has 3 heteroatoms. The molecular formula is C13H22N2O. The molecule has 0 spiro atoms. The molecule has 1 heterocycles. The van der Waals surface area contributed by atoms with Crippen LogP contribution in [0.1, 0.15) is 55.2 Å². The zero-order valence-electron chi connectivity index (χ0n) is 10.5. The Bertz CT molecular complexity index is 364. The number of aryl methyl sites for hydroxylation is 2. The second-order valence-corrected chi connectivity index (χ2v) is 5.11. The van der Waals surface area contributed by atoms with E-state index < -0.39 is 0 Å². The Hall–Kier alpha value is -0.830. The molecule has 0 saturated heterocycles. The minimum absolute atomic E-state index is 0.322. The Kier molecular flexibility index (Phi) is 3.33. The van der Waals surface area contributed by atoms with Gasteiger partial charge in [-0.3, -0.25) is 4.68 Å². The smallest absolute Gasteiger partial charge is 0.0828 e. The quantitative estimate of drug-likeness (QED) is 0.853. The maximum Gasteiger partial charge on any atom is 0.0828 e. The Morgan fingerprint density at radius 1 is 1.38 bits per heavy atom. The van der Waals surface area contributed by atoms with Crippen molar-refractivity contribution in [2.75, 3.05) is 0 Å². The normalized spacial score (nSPS) is 19.2. The largest absolute Gasteiger partial charge is 0.388 e. The van der Waals surface area contributed by atoms with Crippen molar-refractivity contribution in [2.24, 2.45) is 13.0 Å². The van der Waals surface area contributed by atoms with Crippen molar-refractivity contribution in [3.8, 4) is 0 Å². The lowest BCUT2D eigenvalue weighted by Crippen LogP contribution is -2.06. The van der Waals surface area contributed by atoms with Crippen molar-refractivity contribution >= 4 is 0 Å². The molecule has 1 aromatic heterocycles. The van der Waals surface area contributed by atoms with Crippen LogP contribution in [0.15, 0.2) is 0 Å². The van der Waals surface area contributed by atoms with Crippen LogP contribution in [0.5, 0.6) is 0 Å². The Morgan fingerprint density at radius 3 is 2.50 bits per heavy atom. The fourth-order valence-corrected chi connectivity index (χ4v) is 2.95. The minimum Gasteiger partial charge on any atom is -0.388 e. The second-order valence-electron chi connectivity index (χ2n) is 5.11. The number of nitrogens with zero attached hydrogens (tertiary/aromatic N) is 2. The van der Waals surface area contributed by atoms with E-state index in [9.17, 15) is 5.11 Å². The third kappa shape index (κ3) is 2.14. The van der Waals surface area contributed by atoms with E-state index in [0.29, 0.717) is 5.92 Å². The van der Waals surface area contributed by atoms with Gasteiger partial charge in [0.1, 0.15) is 0 Å². The molecule has 1 saturated carbocycles. The molecule has 0 aromatic carbocycles. The Morgan fingerprint density at radius 2 is 2.00 bits per heavy atom. The van der Waals surface area contributed by atoms with Gasteiger partial charge in [0.25, 0.3) is 0 Å². The summed E-state index contributed by atoms with van der Waals surface area (Å²) in [6, 6.07) is 0. The van der Waals surface area contributed by atoms with Crippen LogP contribution in [0.3, 0.4) is 0 Å². The molecule has 0 bridgehead atoms. The molecule has 1 atom stereocenters. The predicted molar refractivity (Wildman–Crippen MR) is 64.2 cm³/mol. The molecule has 1 aliphatic carbocycles. The zero-order chi connectivity index (χ0) is 11.7. The van der Waals surface area contributed by atoms with E-state index in [2.05, 4.69) is 5.10 Å². The van der Waals surface area contributed by atoms with Gasteiger partial charge in [-0.2, -0.15) is 5.10 Å². The molecule has 3 nitrogen and oxygen atoms in total. The lowest BCUT2D eigenvalue weighted by Gasteiger charge is -2.15. The molecule has 0 aliphatic heterocycles. The molecule has 0 amide bonds. The van der Waals surface area contributed by atoms with Crippen molar-refractivity contribution in [3.05, 3.63) is 17.0 Å². The van der Waals surface area contributed by atoms with Gasteiger partial charge in [-0.15, -0.1) is 0 Å². The first kappa shape index (κ1) is 11.6. The molecule has 1 aliphatic rings. The summed E-state index contributed by atoms with van der Waals surface area (Å²) in [5.74, 6) is 0.717. The molecule has 1 aromatic rings. The summed E-state index contributed by atoms with van der Waals surface area (Å²) in [5, 5.41) is 14.7. The lowest BCUT2D eigenvalue weighted by atomic mass is 9.95. The summed E-state index contributed by atoms with van der Waals surface area (Å²) in [6.07, 6.45) is 5.83. The van der Waals surface area contributed by atoms with Crippen LogP contribution in [-0.2, 0) is 7.05 Å². The molecular weight excluding hydrogens is 200 g/mol. The monoisotopic (exact) mass is 222 g/mol. The molecule has 1 unspecified atom stereocenters. The first-order valence-electron chi connectivity index (χ1n) is 6.27. The first-order valence-corrected chi connectivity index (χ1v) is 6.27. The van der Waals surface area contributed by atoms with Gasteiger partial charge in [0.2, 0.25) is 0 Å². The minimum atomic E-state index is -0.322. The van der Waals surface area contributed by atoms with Gasteiger partial charge in [-0.25, -0.2) is 0 Å². The van der Waals surface area contributed by atoms with Crippen LogP contribution in [0.2, 0.25) is 0 Å². The lowest BCUT2D eigenvalue weighted by molar-refractivity contribution is 0.143. The molecule has 90 valence electrons. The molecule has 1 fully saturated rings. The van der Waals surface area contributed by atoms with E-state index in [1.807, 2.05) is 25.6 Å². The number of hydrogen-bond donors (Lipinski definition) is 1. The van der Waals surface area contributed by atoms with Crippen LogP contribution >= 0.6 is 0 Å². The summed E-state index contributed by atoms with van der Waals surface area (Å²) < 4.78 is 1.86. The number of aromatic nitrogens is 2. The highest BCUT2D eigenvalue weighted by molar-refractivity contribution is 5.26. The van der Waals surface area contributed by atoms with E-state index in [1.54, 1.807) is 0 Å². The van der Waals surface area contributed by atoms with E-state index in [0.717, 1.165) is 23.4 Å². The molecule has 2 rings (SSSR count). The first-order chi connectivity index (χ1) is 7.59. The topological polar surface area (TPSA) is 38.0 Å². The van der Waals surface area contributed by atoms with Gasteiger partial charge < -0.3 is 5.11 Å². The van der Waals surface area contributed by atoms with E-state index in [4.69, 9.17) is 0 Å². The summed E-state index contributed by atoms with van der Waals surface area (Å²) in [6.45, 7) is 4.02. The average molecular weight is 222 g/mol. The third-order valence-electron chi connectivity index (χ3n) is 3.93. The SMILES string of the molecule is Cc1nn(C)c(C)c1C(O)CC1CCCC1. The van der Waals surface area contributed by atoms with Gasteiger partial charge >= 0.3 is 0 Å². The van der Waals surface area contributed by atoms with Gasteiger partial charge in [-0.1, -0.05) is 25.7 Å². The number of aliphatic hydroxyl groups excluding tert-OH is 1. The third-order valence-corrected chi connectivity index (χ3v) is 3.93. The van der Waals surface area contributed by atoms with E-state index in [-0.39, 0.29) is 6.10 Å². The predicted octanol–water partition coefficient (Wildman–Crippen LogP) is 2.65. The highest BCUT2D eigenvalue weighted by Gasteiger charge is 2.23. The van der Waals surface area contributed by atoms with Gasteiger partial charge in [0, 0.05) is 18.3 Å². The highest BCUT2D eigenvalue weighted by atomic mass is 16.3. The van der Waals surface area contributed by atoms with Crippen molar-refractivity contribution in [1.29, 1.82) is 0 Å². The summed E-state index contributed by atoms with van der Waals surface area (Å²) in [5.41, 5.74) is 3.13. The van der Waals surface area contributed by atoms with Crippen LogP contribution in [0, 0.1) is 19.8 Å². The van der Waals surface area contributed by atoms with Crippen molar-refractivity contribution in [1.82, 2.24) is 9.78 Å². The van der Waals surface area contributed by atoms with Crippen molar-refractivity contribution < 1.29 is 5.11 Å². The molecule has 16 heavy (non-hydrogen) atoms. The van der Waals surface area contributed by atoms with Crippen molar-refractivity contribution in [3.63, 3.8) is 0 Å². The fourth-order valence-electron chi connectivity index (χ4n) is 2.95.